The van der Waals surface area contributed by atoms with Crippen molar-refractivity contribution in [3.05, 3.63) is 75.7 Å². The number of hydrogen-bond donors (Lipinski definition) is 1. The number of halogens is 3. The van der Waals surface area contributed by atoms with Gasteiger partial charge in [-0.2, -0.15) is 0 Å². The maximum Gasteiger partial charge on any atom is 0.573 e. The largest absolute Gasteiger partial charge is 0.573 e. The smallest absolute Gasteiger partial charge is 0.405 e. The first-order valence-electron chi connectivity index (χ1n) is 8.56. The third-order valence-corrected chi connectivity index (χ3v) is 5.68. The molecule has 0 saturated carbocycles. The van der Waals surface area contributed by atoms with Gasteiger partial charge in [0.2, 0.25) is 0 Å². The Balaban J connectivity index is 1.56. The number of aryl methyl sites for hydroxylation is 1. The second-order valence-corrected chi connectivity index (χ2v) is 8.12. The molecule has 3 aromatic rings. The maximum atomic E-state index is 12.5. The molecule has 0 atom stereocenters. The predicted molar refractivity (Wildman–Crippen MR) is 107 cm³/mol. The number of thiazole rings is 1. The molecule has 0 radical (unpaired) electrons. The fraction of sp³-hybridized carbons (Fsp3) is 0.200. The van der Waals surface area contributed by atoms with Crippen LogP contribution in [-0.2, 0) is 12.3 Å². The summed E-state index contributed by atoms with van der Waals surface area (Å²) in [7, 11) is 0. The zero-order chi connectivity index (χ0) is 20.9. The highest BCUT2D eigenvalue weighted by molar-refractivity contribution is 7.98. The normalized spacial score (nSPS) is 11.3. The quantitative estimate of drug-likeness (QED) is 0.490. The van der Waals surface area contributed by atoms with Gasteiger partial charge in [0.1, 0.15) is 5.75 Å². The second kappa shape index (κ2) is 9.32. The predicted octanol–water partition coefficient (Wildman–Crippen LogP) is 5.57. The van der Waals surface area contributed by atoms with Gasteiger partial charge in [-0.1, -0.05) is 18.2 Å². The Labute approximate surface area is 174 Å². The van der Waals surface area contributed by atoms with Crippen LogP contribution in [0.5, 0.6) is 5.75 Å². The maximum absolute atomic E-state index is 12.5. The molecule has 1 heterocycles. The van der Waals surface area contributed by atoms with Gasteiger partial charge in [-0.3, -0.25) is 4.79 Å². The highest BCUT2D eigenvalue weighted by Crippen LogP contribution is 2.26. The van der Waals surface area contributed by atoms with Crippen LogP contribution in [0.4, 0.5) is 13.2 Å². The number of thioether (sulfide) groups is 1. The van der Waals surface area contributed by atoms with Gasteiger partial charge >= 0.3 is 6.36 Å². The van der Waals surface area contributed by atoms with Gasteiger partial charge in [0.15, 0.2) is 0 Å². The third-order valence-electron chi connectivity index (χ3n) is 3.81. The van der Waals surface area contributed by atoms with Gasteiger partial charge in [0, 0.05) is 33.7 Å². The molecule has 1 N–H and O–H groups in total. The number of rotatable bonds is 7. The molecule has 152 valence electrons. The minimum Gasteiger partial charge on any atom is -0.405 e. The van der Waals surface area contributed by atoms with Crippen LogP contribution < -0.4 is 10.1 Å². The van der Waals surface area contributed by atoms with E-state index in [0.29, 0.717) is 5.56 Å². The number of hydrogen-bond acceptors (Lipinski definition) is 5. The molecule has 0 aliphatic carbocycles. The van der Waals surface area contributed by atoms with Gasteiger partial charge in [0.05, 0.1) is 10.7 Å². The standard InChI is InChI=1S/C20H17F3N2O2S2/c1-13-25-16(11-28-13)12-29-17-8-6-14(7-9-17)19(26)24-10-15-4-2-3-5-18(15)27-20(21,22)23/h2-9,11H,10,12H2,1H3,(H,24,26). The minimum atomic E-state index is -4.79. The van der Waals surface area contributed by atoms with Gasteiger partial charge in [0.25, 0.3) is 5.91 Å². The van der Waals surface area contributed by atoms with Crippen molar-refractivity contribution in [3.8, 4) is 5.75 Å². The zero-order valence-electron chi connectivity index (χ0n) is 15.3. The third kappa shape index (κ3) is 6.50. The number of alkyl halides is 3. The Morgan fingerprint density at radius 3 is 2.55 bits per heavy atom. The summed E-state index contributed by atoms with van der Waals surface area (Å²) in [5.41, 5.74) is 1.68. The first-order valence-corrected chi connectivity index (χ1v) is 10.4. The van der Waals surface area contributed by atoms with Crippen LogP contribution in [-0.4, -0.2) is 17.3 Å². The van der Waals surface area contributed by atoms with E-state index in [1.54, 1.807) is 41.3 Å². The van der Waals surface area contributed by atoms with Crippen LogP contribution in [0, 0.1) is 6.92 Å². The van der Waals surface area contributed by atoms with E-state index in [1.165, 1.54) is 18.2 Å². The lowest BCUT2D eigenvalue weighted by molar-refractivity contribution is -0.274. The van der Waals surface area contributed by atoms with Crippen LogP contribution in [0.25, 0.3) is 0 Å². The number of carbonyl (C=O) groups excluding carboxylic acids is 1. The molecule has 9 heteroatoms. The summed E-state index contributed by atoms with van der Waals surface area (Å²) in [5.74, 6) is 0.0362. The van der Waals surface area contributed by atoms with Crippen LogP contribution in [0.2, 0.25) is 0 Å². The zero-order valence-corrected chi connectivity index (χ0v) is 17.0. The fourth-order valence-corrected chi connectivity index (χ4v) is 4.00. The number of carbonyl (C=O) groups is 1. The molecule has 0 bridgehead atoms. The van der Waals surface area contributed by atoms with Crippen molar-refractivity contribution in [1.29, 1.82) is 0 Å². The number of nitrogens with one attached hydrogen (secondary N) is 1. The number of amides is 1. The van der Waals surface area contributed by atoms with E-state index in [1.807, 2.05) is 24.4 Å². The van der Waals surface area contributed by atoms with Gasteiger partial charge in [-0.15, -0.1) is 36.3 Å². The molecule has 3 rings (SSSR count). The summed E-state index contributed by atoms with van der Waals surface area (Å²) in [4.78, 5) is 17.7. The van der Waals surface area contributed by atoms with Crippen molar-refractivity contribution in [3.63, 3.8) is 0 Å². The van der Waals surface area contributed by atoms with E-state index in [4.69, 9.17) is 0 Å². The van der Waals surface area contributed by atoms with Crippen molar-refractivity contribution in [2.75, 3.05) is 0 Å². The monoisotopic (exact) mass is 438 g/mol. The van der Waals surface area contributed by atoms with Crippen molar-refractivity contribution in [2.45, 2.75) is 30.5 Å². The van der Waals surface area contributed by atoms with Crippen molar-refractivity contribution in [1.82, 2.24) is 10.3 Å². The van der Waals surface area contributed by atoms with Gasteiger partial charge < -0.3 is 10.1 Å². The SMILES string of the molecule is Cc1nc(CSc2ccc(C(=O)NCc3ccccc3OC(F)(F)F)cc2)cs1. The van der Waals surface area contributed by atoms with Gasteiger partial charge in [-0.25, -0.2) is 4.98 Å². The lowest BCUT2D eigenvalue weighted by atomic mass is 10.2. The molecule has 29 heavy (non-hydrogen) atoms. The Hall–Kier alpha value is -2.52. The molecule has 0 aliphatic rings. The van der Waals surface area contributed by atoms with E-state index in [-0.39, 0.29) is 23.8 Å². The highest BCUT2D eigenvalue weighted by atomic mass is 32.2. The molecule has 1 amide bonds. The Morgan fingerprint density at radius 1 is 1.17 bits per heavy atom. The highest BCUT2D eigenvalue weighted by Gasteiger charge is 2.32. The summed E-state index contributed by atoms with van der Waals surface area (Å²) in [6.07, 6.45) is -4.79. The van der Waals surface area contributed by atoms with Crippen LogP contribution in [0.15, 0.2) is 58.8 Å². The molecule has 4 nitrogen and oxygen atoms in total. The van der Waals surface area contributed by atoms with E-state index in [2.05, 4.69) is 15.0 Å². The molecule has 0 fully saturated rings. The molecular formula is C20H17F3N2O2S2. The fourth-order valence-electron chi connectivity index (χ4n) is 2.49. The topological polar surface area (TPSA) is 51.2 Å². The van der Waals surface area contributed by atoms with Crippen LogP contribution >= 0.6 is 23.1 Å². The second-order valence-electron chi connectivity index (χ2n) is 6.01. The number of benzene rings is 2. The number of ether oxygens (including phenoxy) is 1. The van der Waals surface area contributed by atoms with E-state index in [9.17, 15) is 18.0 Å². The van der Waals surface area contributed by atoms with Crippen molar-refractivity contribution in [2.24, 2.45) is 0 Å². The number of nitrogens with zero attached hydrogens (tertiary/aromatic N) is 1. The van der Waals surface area contributed by atoms with E-state index < -0.39 is 6.36 Å². The van der Waals surface area contributed by atoms with Crippen LogP contribution in [0.1, 0.15) is 26.6 Å². The Morgan fingerprint density at radius 2 is 1.90 bits per heavy atom. The summed E-state index contributed by atoms with van der Waals surface area (Å²) in [5, 5.41) is 5.66. The molecular weight excluding hydrogens is 421 g/mol. The van der Waals surface area contributed by atoms with E-state index >= 15 is 0 Å². The summed E-state index contributed by atoms with van der Waals surface area (Å²) >= 11 is 3.22. The number of aromatic nitrogens is 1. The molecule has 1 aromatic heterocycles. The number of para-hydroxylation sites is 1. The first-order chi connectivity index (χ1) is 13.8. The molecule has 0 spiro atoms. The summed E-state index contributed by atoms with van der Waals surface area (Å²) in [6.45, 7) is 1.88. The average Bonchev–Trinajstić information content (AvgIpc) is 3.10. The van der Waals surface area contributed by atoms with E-state index in [0.717, 1.165) is 21.3 Å². The first kappa shape index (κ1) is 21.2. The minimum absolute atomic E-state index is 0.0786. The summed E-state index contributed by atoms with van der Waals surface area (Å²) in [6, 6.07) is 12.7. The molecule has 0 saturated heterocycles. The van der Waals surface area contributed by atoms with Crippen LogP contribution in [0.3, 0.4) is 0 Å². The Kier molecular flexibility index (Phi) is 6.81. The Bertz CT molecular complexity index is 972. The molecule has 2 aromatic carbocycles. The molecule has 0 unspecified atom stereocenters. The van der Waals surface area contributed by atoms with Crippen molar-refractivity contribution < 1.29 is 22.7 Å². The van der Waals surface area contributed by atoms with Gasteiger partial charge in [-0.05, 0) is 37.3 Å². The molecule has 0 aliphatic heterocycles. The lowest BCUT2D eigenvalue weighted by Crippen LogP contribution is -2.24. The van der Waals surface area contributed by atoms with Crippen molar-refractivity contribution >= 4 is 29.0 Å². The summed E-state index contributed by atoms with van der Waals surface area (Å²) < 4.78 is 41.4. The average molecular weight is 438 g/mol. The lowest BCUT2D eigenvalue weighted by Gasteiger charge is -2.13.